The average Bonchev–Trinajstić information content (AvgIpc) is 3.10. The van der Waals surface area contributed by atoms with Gasteiger partial charge >= 0.3 is 0 Å². The van der Waals surface area contributed by atoms with Gasteiger partial charge in [0.05, 0.1) is 6.04 Å². The average molecular weight is 411 g/mol. The van der Waals surface area contributed by atoms with Crippen LogP contribution in [0.4, 0.5) is 5.69 Å². The predicted octanol–water partition coefficient (Wildman–Crippen LogP) is 3.46. The maximum atomic E-state index is 13.4. The van der Waals surface area contributed by atoms with E-state index < -0.39 is 6.04 Å². The third kappa shape index (κ3) is 4.04. The van der Waals surface area contributed by atoms with Crippen LogP contribution in [0.1, 0.15) is 11.1 Å². The van der Waals surface area contributed by atoms with Crippen molar-refractivity contribution in [1.29, 1.82) is 0 Å². The minimum Gasteiger partial charge on any atom is -0.361 e. The summed E-state index contributed by atoms with van der Waals surface area (Å²) in [5, 5.41) is 1.83. The van der Waals surface area contributed by atoms with E-state index in [1.54, 1.807) is 0 Å². The van der Waals surface area contributed by atoms with Crippen molar-refractivity contribution in [2.45, 2.75) is 18.9 Å². The molecule has 0 unspecified atom stereocenters. The largest absolute Gasteiger partial charge is 0.361 e. The number of nitrogens with zero attached hydrogens (tertiary/aromatic N) is 2. The van der Waals surface area contributed by atoms with Gasteiger partial charge in [0.25, 0.3) is 0 Å². The molecule has 0 radical (unpaired) electrons. The Balaban J connectivity index is 1.60. The Hall–Kier alpha value is -2.34. The molecule has 29 heavy (non-hydrogen) atoms. The van der Waals surface area contributed by atoms with Gasteiger partial charge in [-0.05, 0) is 62.2 Å². The van der Waals surface area contributed by atoms with Crippen LogP contribution in [0, 0.1) is 5.92 Å². The number of carbonyl (C=O) groups is 1. The Morgan fingerprint density at radius 1 is 1.28 bits per heavy atom. The number of halogens is 1. The van der Waals surface area contributed by atoms with E-state index in [4.69, 9.17) is 17.3 Å². The first-order chi connectivity index (χ1) is 13.9. The second-order valence-corrected chi connectivity index (χ2v) is 8.60. The van der Waals surface area contributed by atoms with Gasteiger partial charge in [0.2, 0.25) is 5.91 Å². The van der Waals surface area contributed by atoms with Gasteiger partial charge in [-0.15, -0.1) is 0 Å². The van der Waals surface area contributed by atoms with Crippen LogP contribution in [0.15, 0.2) is 48.7 Å². The number of rotatable bonds is 5. The van der Waals surface area contributed by atoms with Crippen LogP contribution in [0.25, 0.3) is 10.9 Å². The number of hydrogen-bond donors (Lipinski definition) is 2. The first kappa shape index (κ1) is 20.0. The maximum Gasteiger partial charge on any atom is 0.244 e. The zero-order chi connectivity index (χ0) is 20.5. The topological polar surface area (TPSA) is 65.4 Å². The smallest absolute Gasteiger partial charge is 0.244 e. The van der Waals surface area contributed by atoms with E-state index in [2.05, 4.69) is 30.0 Å². The molecular formula is C23H27ClN4O. The molecule has 0 saturated carbocycles. The molecule has 1 aliphatic heterocycles. The van der Waals surface area contributed by atoms with E-state index >= 15 is 0 Å². The fraction of sp³-hybridized carbons (Fsp3) is 0.348. The van der Waals surface area contributed by atoms with Gasteiger partial charge in [0.15, 0.2) is 0 Å². The van der Waals surface area contributed by atoms with Crippen molar-refractivity contribution in [3.8, 4) is 0 Å². The third-order valence-corrected chi connectivity index (χ3v) is 5.99. The van der Waals surface area contributed by atoms with Crippen LogP contribution in [-0.4, -0.2) is 49.0 Å². The minimum atomic E-state index is -0.612. The first-order valence-corrected chi connectivity index (χ1v) is 10.4. The quantitative estimate of drug-likeness (QED) is 0.677. The predicted molar refractivity (Wildman–Crippen MR) is 120 cm³/mol. The normalized spacial score (nSPS) is 17.6. The number of nitrogens with one attached hydrogen (secondary N) is 1. The van der Waals surface area contributed by atoms with Gasteiger partial charge in [0.1, 0.15) is 0 Å². The van der Waals surface area contributed by atoms with Crippen LogP contribution in [0.5, 0.6) is 0 Å². The molecule has 0 aliphatic carbocycles. The highest BCUT2D eigenvalue weighted by Gasteiger charge is 2.32. The van der Waals surface area contributed by atoms with Gasteiger partial charge in [-0.1, -0.05) is 35.9 Å². The van der Waals surface area contributed by atoms with E-state index in [9.17, 15) is 4.79 Å². The van der Waals surface area contributed by atoms with Crippen molar-refractivity contribution in [2.75, 3.05) is 32.1 Å². The number of benzene rings is 2. The van der Waals surface area contributed by atoms with Crippen LogP contribution < -0.4 is 10.6 Å². The van der Waals surface area contributed by atoms with E-state index in [1.165, 1.54) is 0 Å². The second-order valence-electron chi connectivity index (χ2n) is 8.19. The molecule has 3 aromatic rings. The summed E-state index contributed by atoms with van der Waals surface area (Å²) in [4.78, 5) is 20.7. The SMILES string of the molecule is CN(C)C[C@H]1Cc2c(Cl)cccc2N(C(=O)[C@@H](N)Cc2c[nH]c3ccccc23)C1. The van der Waals surface area contributed by atoms with Crippen LogP contribution >= 0.6 is 11.6 Å². The number of carbonyl (C=O) groups excluding carboxylic acids is 1. The molecule has 2 aromatic carbocycles. The Labute approximate surface area is 176 Å². The molecular weight excluding hydrogens is 384 g/mol. The fourth-order valence-electron chi connectivity index (χ4n) is 4.38. The van der Waals surface area contributed by atoms with Crippen LogP contribution in [0.2, 0.25) is 5.02 Å². The molecule has 3 N–H and O–H groups in total. The number of hydrogen-bond acceptors (Lipinski definition) is 3. The first-order valence-electron chi connectivity index (χ1n) is 9.98. The van der Waals surface area contributed by atoms with E-state index in [1.807, 2.05) is 47.5 Å². The molecule has 6 heteroatoms. The second kappa shape index (κ2) is 8.19. The number of amides is 1. The number of para-hydroxylation sites is 1. The molecule has 5 nitrogen and oxygen atoms in total. The van der Waals surface area contributed by atoms with Gasteiger partial charge in [-0.3, -0.25) is 4.79 Å². The summed E-state index contributed by atoms with van der Waals surface area (Å²) in [7, 11) is 4.11. The number of aromatic amines is 1. The number of aromatic nitrogens is 1. The zero-order valence-electron chi connectivity index (χ0n) is 16.9. The van der Waals surface area contributed by atoms with Crippen molar-refractivity contribution in [2.24, 2.45) is 11.7 Å². The summed E-state index contributed by atoms with van der Waals surface area (Å²) in [6.45, 7) is 1.55. The summed E-state index contributed by atoms with van der Waals surface area (Å²) in [6.07, 6.45) is 3.32. The highest BCUT2D eigenvalue weighted by atomic mass is 35.5. The summed E-state index contributed by atoms with van der Waals surface area (Å²) in [5.74, 6) is 0.267. The molecule has 1 amide bonds. The van der Waals surface area contributed by atoms with E-state index in [0.29, 0.717) is 23.9 Å². The third-order valence-electron chi connectivity index (χ3n) is 5.64. The lowest BCUT2D eigenvalue weighted by Crippen LogP contribution is -2.50. The Morgan fingerprint density at radius 2 is 2.07 bits per heavy atom. The lowest BCUT2D eigenvalue weighted by Gasteiger charge is -2.37. The molecule has 0 fully saturated rings. The van der Waals surface area contributed by atoms with Gasteiger partial charge < -0.3 is 20.5 Å². The molecule has 0 saturated heterocycles. The van der Waals surface area contributed by atoms with Gasteiger partial charge in [-0.2, -0.15) is 0 Å². The van der Waals surface area contributed by atoms with Crippen molar-refractivity contribution in [3.05, 3.63) is 64.8 Å². The monoisotopic (exact) mass is 410 g/mol. The maximum absolute atomic E-state index is 13.4. The molecule has 0 spiro atoms. The van der Waals surface area contributed by atoms with Crippen molar-refractivity contribution in [3.63, 3.8) is 0 Å². The van der Waals surface area contributed by atoms with Crippen molar-refractivity contribution in [1.82, 2.24) is 9.88 Å². The van der Waals surface area contributed by atoms with Crippen LogP contribution in [-0.2, 0) is 17.6 Å². The molecule has 0 bridgehead atoms. The highest BCUT2D eigenvalue weighted by molar-refractivity contribution is 6.32. The summed E-state index contributed by atoms with van der Waals surface area (Å²) >= 11 is 6.49. The van der Waals surface area contributed by atoms with Crippen LogP contribution in [0.3, 0.4) is 0 Å². The minimum absolute atomic E-state index is 0.0535. The summed E-state index contributed by atoms with van der Waals surface area (Å²) < 4.78 is 0. The molecule has 1 aromatic heterocycles. The number of anilines is 1. The Kier molecular flexibility index (Phi) is 5.63. The summed E-state index contributed by atoms with van der Waals surface area (Å²) in [6, 6.07) is 13.2. The zero-order valence-corrected chi connectivity index (χ0v) is 17.6. The van der Waals surface area contributed by atoms with Gasteiger partial charge in [-0.25, -0.2) is 0 Å². The lowest BCUT2D eigenvalue weighted by molar-refractivity contribution is -0.120. The fourth-order valence-corrected chi connectivity index (χ4v) is 4.63. The number of H-pyrrole nitrogens is 1. The summed E-state index contributed by atoms with van der Waals surface area (Å²) in [5.41, 5.74) is 10.5. The lowest BCUT2D eigenvalue weighted by atomic mass is 9.91. The number of fused-ring (bicyclic) bond motifs is 2. The molecule has 2 atom stereocenters. The standard InChI is InChI=1S/C23H27ClN4O/c1-27(2)13-15-10-18-19(24)7-5-9-22(18)28(14-15)23(29)20(25)11-16-12-26-21-8-4-3-6-17(16)21/h3-9,12,15,20,26H,10-11,13-14,25H2,1-2H3/t15-,20+/m1/s1. The van der Waals surface area contributed by atoms with Crippen molar-refractivity contribution >= 4 is 34.1 Å². The Morgan fingerprint density at radius 3 is 2.86 bits per heavy atom. The molecule has 4 rings (SSSR count). The number of nitrogens with two attached hydrogens (primary N) is 1. The molecule has 2 heterocycles. The van der Waals surface area contributed by atoms with Crippen molar-refractivity contribution < 1.29 is 4.79 Å². The van der Waals surface area contributed by atoms with E-state index in [-0.39, 0.29) is 5.91 Å². The van der Waals surface area contributed by atoms with E-state index in [0.717, 1.165) is 40.7 Å². The van der Waals surface area contributed by atoms with Gasteiger partial charge in [0, 0.05) is 40.9 Å². The highest BCUT2D eigenvalue weighted by Crippen LogP contribution is 2.35. The molecule has 1 aliphatic rings. The molecule has 152 valence electrons. The Bertz CT molecular complexity index is 1030.